The molecule has 0 fully saturated rings. The maximum absolute atomic E-state index is 13.2. The predicted molar refractivity (Wildman–Crippen MR) is 103 cm³/mol. The number of H-pyrrole nitrogens is 1. The first kappa shape index (κ1) is 17.1. The lowest BCUT2D eigenvalue weighted by Gasteiger charge is -2.40. The van der Waals surface area contributed by atoms with Crippen LogP contribution in [0.25, 0.3) is 0 Å². The molecular weight excluding hydrogens is 372 g/mol. The minimum atomic E-state index is -0.570. The van der Waals surface area contributed by atoms with Crippen LogP contribution >= 0.6 is 0 Å². The van der Waals surface area contributed by atoms with Gasteiger partial charge in [0.05, 0.1) is 11.3 Å². The van der Waals surface area contributed by atoms with Crippen LogP contribution in [0.3, 0.4) is 0 Å². The average molecular weight is 388 g/mol. The zero-order valence-electron chi connectivity index (χ0n) is 15.2. The van der Waals surface area contributed by atoms with Gasteiger partial charge in [-0.05, 0) is 18.2 Å². The van der Waals surface area contributed by atoms with Gasteiger partial charge < -0.3 is 4.90 Å². The molecule has 0 aliphatic carbocycles. The van der Waals surface area contributed by atoms with Gasteiger partial charge in [0.25, 0.3) is 11.8 Å². The number of carbonyl (C=O) groups is 3. The number of hydrogen-bond donors (Lipinski definition) is 2. The lowest BCUT2D eigenvalue weighted by atomic mass is 10.0. The number of fused-ring (bicyclic) bond motifs is 5. The first-order valence-corrected chi connectivity index (χ1v) is 9.13. The summed E-state index contributed by atoms with van der Waals surface area (Å²) in [5.74, 6) is -0.425. The number of anilines is 2. The van der Waals surface area contributed by atoms with Gasteiger partial charge in [0, 0.05) is 24.1 Å². The Labute approximate surface area is 165 Å². The third-order valence-corrected chi connectivity index (χ3v) is 5.14. The second-order valence-electron chi connectivity index (χ2n) is 6.78. The van der Waals surface area contributed by atoms with E-state index in [1.54, 1.807) is 46.2 Å². The van der Waals surface area contributed by atoms with Crippen molar-refractivity contribution in [2.24, 2.45) is 0 Å². The standard InChI is InChI=1S/C20H16N6O3/c27-16(23-20-21-11-22-24-20)9-10-25-17-12-5-1-2-6-13(12)19(29)26(17)15-8-4-3-7-14(15)18(25)28/h1-8,11,17H,9-10H2,(H2,21,22,23,24,27)/t17-/m1/s1. The number of amides is 3. The first-order chi connectivity index (χ1) is 14.1. The molecule has 2 aliphatic heterocycles. The molecular formula is C20H16N6O3. The van der Waals surface area contributed by atoms with E-state index in [-0.39, 0.29) is 36.6 Å². The number of nitrogens with zero attached hydrogens (tertiary/aromatic N) is 4. The number of carbonyl (C=O) groups excluding carboxylic acids is 3. The van der Waals surface area contributed by atoms with E-state index < -0.39 is 6.17 Å². The number of rotatable bonds is 4. The van der Waals surface area contributed by atoms with E-state index in [0.717, 1.165) is 5.56 Å². The van der Waals surface area contributed by atoms with Crippen LogP contribution in [-0.4, -0.2) is 44.3 Å². The fraction of sp³-hybridized carbons (Fsp3) is 0.150. The Morgan fingerprint density at radius 2 is 1.79 bits per heavy atom. The van der Waals surface area contributed by atoms with Gasteiger partial charge in [-0.1, -0.05) is 30.3 Å². The Hall–Kier alpha value is -4.01. The highest BCUT2D eigenvalue weighted by Gasteiger charge is 2.47. The lowest BCUT2D eigenvalue weighted by molar-refractivity contribution is -0.116. The maximum Gasteiger partial charge on any atom is 0.260 e. The fourth-order valence-corrected chi connectivity index (χ4v) is 3.88. The summed E-state index contributed by atoms with van der Waals surface area (Å²) in [7, 11) is 0. The van der Waals surface area contributed by atoms with E-state index in [1.807, 2.05) is 12.1 Å². The molecule has 2 N–H and O–H groups in total. The molecule has 2 aliphatic rings. The molecule has 29 heavy (non-hydrogen) atoms. The summed E-state index contributed by atoms with van der Waals surface area (Å²) in [5.41, 5.74) is 2.36. The van der Waals surface area contributed by atoms with Crippen LogP contribution in [0.2, 0.25) is 0 Å². The molecule has 0 radical (unpaired) electrons. The predicted octanol–water partition coefficient (Wildman–Crippen LogP) is 1.95. The van der Waals surface area contributed by atoms with Gasteiger partial charge in [0.1, 0.15) is 12.5 Å². The molecule has 0 bridgehead atoms. The average Bonchev–Trinajstić information content (AvgIpc) is 3.35. The number of aromatic amines is 1. The molecule has 3 heterocycles. The molecule has 9 nitrogen and oxygen atoms in total. The Morgan fingerprint density at radius 3 is 2.59 bits per heavy atom. The van der Waals surface area contributed by atoms with Gasteiger partial charge in [-0.15, -0.1) is 0 Å². The third-order valence-electron chi connectivity index (χ3n) is 5.14. The molecule has 5 rings (SSSR count). The van der Waals surface area contributed by atoms with Crippen molar-refractivity contribution in [2.45, 2.75) is 12.6 Å². The van der Waals surface area contributed by atoms with Gasteiger partial charge in [-0.3, -0.25) is 24.6 Å². The summed E-state index contributed by atoms with van der Waals surface area (Å²) in [6.45, 7) is 0.149. The fourth-order valence-electron chi connectivity index (χ4n) is 3.88. The highest BCUT2D eigenvalue weighted by Crippen LogP contribution is 2.45. The SMILES string of the molecule is O=C(CCN1C(=O)c2ccccc2N2C(=O)c3ccccc3[C@H]12)Nc1ncn[nH]1. The van der Waals surface area contributed by atoms with Crippen LogP contribution in [0.5, 0.6) is 0 Å². The topological polar surface area (TPSA) is 111 Å². The van der Waals surface area contributed by atoms with Gasteiger partial charge in [-0.25, -0.2) is 5.10 Å². The first-order valence-electron chi connectivity index (χ1n) is 9.13. The summed E-state index contributed by atoms with van der Waals surface area (Å²) in [5, 5.41) is 8.83. The minimum absolute atomic E-state index is 0.0509. The molecule has 0 spiro atoms. The van der Waals surface area contributed by atoms with Crippen LogP contribution in [-0.2, 0) is 4.79 Å². The van der Waals surface area contributed by atoms with Crippen molar-refractivity contribution in [3.05, 3.63) is 71.5 Å². The molecule has 1 aromatic heterocycles. The normalized spacial score (nSPS) is 17.0. The number of aromatic nitrogens is 3. The zero-order chi connectivity index (χ0) is 20.0. The van der Waals surface area contributed by atoms with E-state index in [0.29, 0.717) is 16.8 Å². The van der Waals surface area contributed by atoms with Gasteiger partial charge in [0.2, 0.25) is 11.9 Å². The van der Waals surface area contributed by atoms with E-state index in [4.69, 9.17) is 0 Å². The van der Waals surface area contributed by atoms with E-state index in [1.165, 1.54) is 6.33 Å². The second-order valence-corrected chi connectivity index (χ2v) is 6.78. The maximum atomic E-state index is 13.2. The van der Waals surface area contributed by atoms with Crippen molar-refractivity contribution in [1.29, 1.82) is 0 Å². The van der Waals surface area contributed by atoms with E-state index >= 15 is 0 Å². The van der Waals surface area contributed by atoms with E-state index in [2.05, 4.69) is 20.5 Å². The molecule has 1 atom stereocenters. The largest absolute Gasteiger partial charge is 0.313 e. The molecule has 3 aromatic rings. The van der Waals surface area contributed by atoms with Crippen molar-refractivity contribution in [3.8, 4) is 0 Å². The van der Waals surface area contributed by atoms with Crippen LogP contribution < -0.4 is 10.2 Å². The van der Waals surface area contributed by atoms with Gasteiger partial charge in [-0.2, -0.15) is 10.1 Å². The molecule has 0 saturated carbocycles. The number of benzene rings is 2. The number of para-hydroxylation sites is 1. The Morgan fingerprint density at radius 1 is 1.03 bits per heavy atom. The quantitative estimate of drug-likeness (QED) is 0.710. The summed E-state index contributed by atoms with van der Waals surface area (Å²) in [6, 6.07) is 14.3. The molecule has 0 saturated heterocycles. The molecule has 9 heteroatoms. The Bertz CT molecular complexity index is 1130. The van der Waals surface area contributed by atoms with Crippen molar-refractivity contribution in [2.75, 3.05) is 16.8 Å². The Balaban J connectivity index is 1.48. The van der Waals surface area contributed by atoms with Crippen LogP contribution in [0.15, 0.2) is 54.9 Å². The van der Waals surface area contributed by atoms with E-state index in [9.17, 15) is 14.4 Å². The second kappa shape index (κ2) is 6.55. The lowest BCUT2D eigenvalue weighted by Crippen LogP contribution is -2.49. The van der Waals surface area contributed by atoms with Gasteiger partial charge >= 0.3 is 0 Å². The monoisotopic (exact) mass is 388 g/mol. The molecule has 2 aromatic carbocycles. The number of hydrogen-bond acceptors (Lipinski definition) is 5. The third kappa shape index (κ3) is 2.66. The smallest absolute Gasteiger partial charge is 0.260 e. The zero-order valence-corrected chi connectivity index (χ0v) is 15.2. The van der Waals surface area contributed by atoms with Crippen LogP contribution in [0.1, 0.15) is 38.9 Å². The summed E-state index contributed by atoms with van der Waals surface area (Å²) < 4.78 is 0. The highest BCUT2D eigenvalue weighted by atomic mass is 16.2. The van der Waals surface area contributed by atoms with Gasteiger partial charge in [0.15, 0.2) is 0 Å². The molecule has 0 unspecified atom stereocenters. The number of nitrogens with one attached hydrogen (secondary N) is 2. The van der Waals surface area contributed by atoms with Crippen molar-refractivity contribution in [1.82, 2.24) is 20.1 Å². The highest BCUT2D eigenvalue weighted by molar-refractivity contribution is 6.16. The van der Waals surface area contributed by atoms with Crippen molar-refractivity contribution in [3.63, 3.8) is 0 Å². The molecule has 144 valence electrons. The minimum Gasteiger partial charge on any atom is -0.313 e. The summed E-state index contributed by atoms with van der Waals surface area (Å²) >= 11 is 0. The van der Waals surface area contributed by atoms with Crippen molar-refractivity contribution < 1.29 is 14.4 Å². The summed E-state index contributed by atoms with van der Waals surface area (Å²) in [6.07, 6.45) is 0.772. The molecule has 3 amide bonds. The van der Waals surface area contributed by atoms with Crippen LogP contribution in [0, 0.1) is 0 Å². The van der Waals surface area contributed by atoms with Crippen molar-refractivity contribution >= 4 is 29.4 Å². The Kier molecular flexibility index (Phi) is 3.87. The van der Waals surface area contributed by atoms with Crippen LogP contribution in [0.4, 0.5) is 11.6 Å². The summed E-state index contributed by atoms with van der Waals surface area (Å²) in [4.78, 5) is 45.7.